The van der Waals surface area contributed by atoms with E-state index in [-0.39, 0.29) is 5.56 Å². The molecule has 2 aromatic carbocycles. The monoisotopic (exact) mass is 386 g/mol. The van der Waals surface area contributed by atoms with Crippen LogP contribution >= 0.6 is 34.5 Å². The summed E-state index contributed by atoms with van der Waals surface area (Å²) in [7, 11) is 0. The summed E-state index contributed by atoms with van der Waals surface area (Å²) in [6.07, 6.45) is 0.552. The average Bonchev–Trinajstić information content (AvgIpc) is 3.02. The lowest BCUT2D eigenvalue weighted by Gasteiger charge is -2.03. The Hall–Kier alpha value is -2.14. The molecule has 0 aliphatic heterocycles. The molecule has 0 aliphatic rings. The van der Waals surface area contributed by atoms with Crippen LogP contribution in [-0.2, 0) is 6.42 Å². The second-order valence-corrected chi connectivity index (χ2v) is 7.38. The van der Waals surface area contributed by atoms with Crippen molar-refractivity contribution >= 4 is 44.8 Å². The smallest absolute Gasteiger partial charge is 0.260 e. The predicted molar refractivity (Wildman–Crippen MR) is 105 cm³/mol. The minimum atomic E-state index is -0.125. The van der Waals surface area contributed by atoms with Gasteiger partial charge in [-0.05, 0) is 35.4 Å². The minimum Gasteiger partial charge on any atom is -0.310 e. The fourth-order valence-electron chi connectivity index (χ4n) is 2.71. The molecule has 25 heavy (non-hydrogen) atoms. The standard InChI is InChI=1S/C19H12Cl2N2OS/c20-13-5-1-11(2-6-13)9-16-22-18(24)17-15(10-25-19(17)23-16)12-3-7-14(21)8-4-12/h1-8,10H,9H2,(H,22,23,24). The van der Waals surface area contributed by atoms with Crippen molar-refractivity contribution in [3.8, 4) is 11.1 Å². The van der Waals surface area contributed by atoms with Gasteiger partial charge in [0.05, 0.1) is 5.39 Å². The second kappa shape index (κ2) is 6.64. The van der Waals surface area contributed by atoms with Crippen molar-refractivity contribution in [3.05, 3.63) is 85.7 Å². The van der Waals surface area contributed by atoms with Crippen LogP contribution in [-0.4, -0.2) is 9.97 Å². The quantitative estimate of drug-likeness (QED) is 0.501. The van der Waals surface area contributed by atoms with Gasteiger partial charge in [0, 0.05) is 27.4 Å². The molecule has 0 spiro atoms. The van der Waals surface area contributed by atoms with Gasteiger partial charge in [0.1, 0.15) is 10.7 Å². The van der Waals surface area contributed by atoms with E-state index in [2.05, 4.69) is 9.97 Å². The van der Waals surface area contributed by atoms with Crippen LogP contribution < -0.4 is 5.56 Å². The largest absolute Gasteiger partial charge is 0.310 e. The molecule has 0 saturated heterocycles. The third-order valence-corrected chi connectivity index (χ3v) is 5.31. The van der Waals surface area contributed by atoms with Gasteiger partial charge in [0.2, 0.25) is 0 Å². The molecule has 0 radical (unpaired) electrons. The van der Waals surface area contributed by atoms with E-state index in [1.54, 1.807) is 0 Å². The van der Waals surface area contributed by atoms with E-state index >= 15 is 0 Å². The van der Waals surface area contributed by atoms with Crippen molar-refractivity contribution in [2.75, 3.05) is 0 Å². The number of thiophene rings is 1. The number of nitrogens with one attached hydrogen (secondary N) is 1. The third-order valence-electron chi connectivity index (χ3n) is 3.93. The molecule has 2 aromatic heterocycles. The molecule has 0 amide bonds. The number of rotatable bonds is 3. The molecular weight excluding hydrogens is 375 g/mol. The first-order chi connectivity index (χ1) is 12.1. The van der Waals surface area contributed by atoms with Crippen LogP contribution in [0, 0.1) is 0 Å². The molecule has 3 nitrogen and oxygen atoms in total. The maximum Gasteiger partial charge on any atom is 0.260 e. The van der Waals surface area contributed by atoms with Crippen LogP contribution in [0.4, 0.5) is 0 Å². The van der Waals surface area contributed by atoms with Gasteiger partial charge in [0.25, 0.3) is 5.56 Å². The second-order valence-electron chi connectivity index (χ2n) is 5.65. The Bertz CT molecular complexity index is 1100. The van der Waals surface area contributed by atoms with Crippen LogP contribution in [0.5, 0.6) is 0 Å². The van der Waals surface area contributed by atoms with Crippen LogP contribution in [0.15, 0.2) is 58.7 Å². The lowest BCUT2D eigenvalue weighted by atomic mass is 10.1. The van der Waals surface area contributed by atoms with Crippen molar-refractivity contribution in [2.45, 2.75) is 6.42 Å². The van der Waals surface area contributed by atoms with Gasteiger partial charge >= 0.3 is 0 Å². The zero-order chi connectivity index (χ0) is 17.4. The maximum atomic E-state index is 12.6. The summed E-state index contributed by atoms with van der Waals surface area (Å²) in [6.45, 7) is 0. The van der Waals surface area contributed by atoms with E-state index < -0.39 is 0 Å². The van der Waals surface area contributed by atoms with E-state index in [0.29, 0.717) is 27.7 Å². The Balaban J connectivity index is 1.75. The van der Waals surface area contributed by atoms with Gasteiger partial charge in [0.15, 0.2) is 0 Å². The fourth-order valence-corrected chi connectivity index (χ4v) is 3.93. The van der Waals surface area contributed by atoms with Crippen molar-refractivity contribution in [3.63, 3.8) is 0 Å². The highest BCUT2D eigenvalue weighted by Gasteiger charge is 2.13. The Kier molecular flexibility index (Phi) is 4.34. The average molecular weight is 387 g/mol. The highest BCUT2D eigenvalue weighted by molar-refractivity contribution is 7.17. The molecule has 0 bridgehead atoms. The molecule has 0 aliphatic carbocycles. The van der Waals surface area contributed by atoms with Crippen molar-refractivity contribution in [1.29, 1.82) is 0 Å². The van der Waals surface area contributed by atoms with Crippen LogP contribution in [0.2, 0.25) is 10.0 Å². The highest BCUT2D eigenvalue weighted by Crippen LogP contribution is 2.31. The number of halogens is 2. The van der Waals surface area contributed by atoms with Gasteiger partial charge in [-0.25, -0.2) is 4.98 Å². The first kappa shape index (κ1) is 16.3. The maximum absolute atomic E-state index is 12.6. The van der Waals surface area contributed by atoms with Gasteiger partial charge in [-0.2, -0.15) is 0 Å². The molecular formula is C19H12Cl2N2OS. The first-order valence-electron chi connectivity index (χ1n) is 7.61. The molecule has 0 fully saturated rings. The molecule has 4 rings (SSSR count). The predicted octanol–water partition coefficient (Wildman–Crippen LogP) is 5.55. The highest BCUT2D eigenvalue weighted by atomic mass is 35.5. The number of nitrogens with zero attached hydrogens (tertiary/aromatic N) is 1. The van der Waals surface area contributed by atoms with E-state index in [1.165, 1.54) is 11.3 Å². The Morgan fingerprint density at radius 3 is 2.28 bits per heavy atom. The lowest BCUT2D eigenvalue weighted by Crippen LogP contribution is -2.11. The third kappa shape index (κ3) is 3.33. The molecule has 6 heteroatoms. The zero-order valence-electron chi connectivity index (χ0n) is 12.9. The number of H-pyrrole nitrogens is 1. The van der Waals surface area contributed by atoms with Crippen molar-refractivity contribution in [1.82, 2.24) is 9.97 Å². The van der Waals surface area contributed by atoms with Crippen molar-refractivity contribution < 1.29 is 0 Å². The topological polar surface area (TPSA) is 45.8 Å². The Labute approximate surface area is 157 Å². The molecule has 0 atom stereocenters. The summed E-state index contributed by atoms with van der Waals surface area (Å²) >= 11 is 13.3. The van der Waals surface area contributed by atoms with Gasteiger partial charge < -0.3 is 4.98 Å². The number of hydrogen-bond acceptors (Lipinski definition) is 3. The van der Waals surface area contributed by atoms with Gasteiger partial charge in [-0.15, -0.1) is 11.3 Å². The molecule has 1 N–H and O–H groups in total. The van der Waals surface area contributed by atoms with Crippen LogP contribution in [0.1, 0.15) is 11.4 Å². The van der Waals surface area contributed by atoms with E-state index in [1.807, 2.05) is 53.9 Å². The minimum absolute atomic E-state index is 0.125. The van der Waals surface area contributed by atoms with E-state index in [4.69, 9.17) is 23.2 Å². The van der Waals surface area contributed by atoms with Gasteiger partial charge in [-0.3, -0.25) is 4.79 Å². The van der Waals surface area contributed by atoms with Crippen LogP contribution in [0.25, 0.3) is 21.3 Å². The van der Waals surface area contributed by atoms with E-state index in [0.717, 1.165) is 21.5 Å². The van der Waals surface area contributed by atoms with Crippen molar-refractivity contribution in [2.24, 2.45) is 0 Å². The van der Waals surface area contributed by atoms with E-state index in [9.17, 15) is 4.79 Å². The summed E-state index contributed by atoms with van der Waals surface area (Å²) in [4.78, 5) is 20.9. The zero-order valence-corrected chi connectivity index (χ0v) is 15.3. The summed E-state index contributed by atoms with van der Waals surface area (Å²) < 4.78 is 0. The molecule has 0 unspecified atom stereocenters. The molecule has 124 valence electrons. The normalized spacial score (nSPS) is 11.1. The first-order valence-corrected chi connectivity index (χ1v) is 9.24. The number of fused-ring (bicyclic) bond motifs is 1. The number of aromatic amines is 1. The molecule has 0 saturated carbocycles. The summed E-state index contributed by atoms with van der Waals surface area (Å²) in [5.41, 5.74) is 2.75. The number of aromatic nitrogens is 2. The number of hydrogen-bond donors (Lipinski definition) is 1. The Morgan fingerprint density at radius 1 is 0.960 bits per heavy atom. The lowest BCUT2D eigenvalue weighted by molar-refractivity contribution is 0.977. The molecule has 4 aromatic rings. The number of benzene rings is 2. The summed E-state index contributed by atoms with van der Waals surface area (Å²) in [5, 5.41) is 3.93. The molecule has 2 heterocycles. The SMILES string of the molecule is O=c1[nH]c(Cc2ccc(Cl)cc2)nc2scc(-c3ccc(Cl)cc3)c12. The van der Waals surface area contributed by atoms with Gasteiger partial charge in [-0.1, -0.05) is 47.5 Å². The van der Waals surface area contributed by atoms with Crippen LogP contribution in [0.3, 0.4) is 0 Å². The summed E-state index contributed by atoms with van der Waals surface area (Å²) in [5.74, 6) is 0.643. The Morgan fingerprint density at radius 2 is 1.60 bits per heavy atom. The summed E-state index contributed by atoms with van der Waals surface area (Å²) in [6, 6.07) is 15.0. The fraction of sp³-hybridized carbons (Fsp3) is 0.0526.